The average molecular weight is 451 g/mol. The molecule has 0 unspecified atom stereocenters. The fraction of sp³-hybridized carbons (Fsp3) is 1.00. The average Bonchev–Trinajstić information content (AvgIpc) is 3.13. The summed E-state index contributed by atoms with van der Waals surface area (Å²) in [4.78, 5) is 0. The lowest BCUT2D eigenvalue weighted by Gasteiger charge is -2.54. The highest BCUT2D eigenvalue weighted by molar-refractivity contribution is 5.03. The van der Waals surface area contributed by atoms with Crippen LogP contribution in [0.4, 0.5) is 0 Å². The number of hydrogen-bond donors (Lipinski definition) is 2. The molecule has 9 atom stereocenters. The zero-order valence-electron chi connectivity index (χ0n) is 22.3. The van der Waals surface area contributed by atoms with Crippen LogP contribution in [0.5, 0.6) is 0 Å². The van der Waals surface area contributed by atoms with E-state index >= 15 is 0 Å². The molecule has 0 amide bonds. The molecule has 0 aromatic heterocycles. The lowest BCUT2D eigenvalue weighted by Crippen LogP contribution is -2.52. The number of ether oxygens (including phenoxy) is 1. The first-order chi connectivity index (χ1) is 15.0. The Bertz CT molecular complexity index is 581. The van der Waals surface area contributed by atoms with Gasteiger partial charge in [0, 0.05) is 13.0 Å². The van der Waals surface area contributed by atoms with Crippen molar-refractivity contribution in [3.8, 4) is 0 Å². The second-order valence-electron chi connectivity index (χ2n) is 13.5. The van der Waals surface area contributed by atoms with E-state index in [1.807, 2.05) is 0 Å². The van der Waals surface area contributed by atoms with Crippen LogP contribution in [0.3, 0.4) is 0 Å². The molecule has 0 heterocycles. The third kappa shape index (κ3) is 5.92. The summed E-state index contributed by atoms with van der Waals surface area (Å²) in [5.41, 5.74) is -0.244. The van der Waals surface area contributed by atoms with Gasteiger partial charge < -0.3 is 14.9 Å². The smallest absolute Gasteiger partial charge is 0.0621 e. The van der Waals surface area contributed by atoms with Gasteiger partial charge in [-0.25, -0.2) is 0 Å². The molecule has 0 bridgehead atoms. The van der Waals surface area contributed by atoms with E-state index < -0.39 is 0 Å². The van der Waals surface area contributed by atoms with Crippen molar-refractivity contribution in [2.45, 2.75) is 130 Å². The van der Waals surface area contributed by atoms with Crippen LogP contribution in [0, 0.1) is 46.8 Å². The van der Waals surface area contributed by atoms with E-state index in [0.29, 0.717) is 24.4 Å². The van der Waals surface area contributed by atoms with Gasteiger partial charge in [-0.05, 0) is 106 Å². The molecule has 0 saturated heterocycles. The van der Waals surface area contributed by atoms with Gasteiger partial charge in [-0.1, -0.05) is 47.0 Å². The summed E-state index contributed by atoms with van der Waals surface area (Å²) >= 11 is 0. The fourth-order valence-electron chi connectivity index (χ4n) is 8.14. The monoisotopic (exact) mass is 450 g/mol. The molecule has 0 radical (unpaired) electrons. The van der Waals surface area contributed by atoms with Gasteiger partial charge in [-0.15, -0.1) is 0 Å². The summed E-state index contributed by atoms with van der Waals surface area (Å²) in [6.07, 6.45) is 11.8. The predicted octanol–water partition coefficient (Wildman–Crippen LogP) is 6.84. The maximum atomic E-state index is 11.3. The van der Waals surface area contributed by atoms with Crippen molar-refractivity contribution in [3.05, 3.63) is 0 Å². The Kier molecular flexibility index (Phi) is 8.81. The standard InChI is InChI=1S/C29H54O3/c1-19(2)9-8-10-20(3)22-11-12-24-23(22)13-14-26(25(24)18-30)29(7)16-15-21(17-27(29)31)32-28(4,5)6/h19-27,30-31H,8-18H2,1-7H3/t20-,21+,22+,23-,24-,25-,26+,27-,29+/m1/s1. The maximum Gasteiger partial charge on any atom is 0.0621 e. The van der Waals surface area contributed by atoms with Gasteiger partial charge >= 0.3 is 0 Å². The zero-order chi connectivity index (χ0) is 23.7. The van der Waals surface area contributed by atoms with Crippen LogP contribution >= 0.6 is 0 Å². The topological polar surface area (TPSA) is 49.7 Å². The largest absolute Gasteiger partial charge is 0.396 e. The molecular formula is C29H54O3. The van der Waals surface area contributed by atoms with Crippen molar-refractivity contribution >= 4 is 0 Å². The molecule has 3 rings (SSSR count). The van der Waals surface area contributed by atoms with E-state index in [1.54, 1.807) is 0 Å². The van der Waals surface area contributed by atoms with Gasteiger partial charge in [-0.2, -0.15) is 0 Å². The van der Waals surface area contributed by atoms with Crippen molar-refractivity contribution in [1.82, 2.24) is 0 Å². The molecule has 3 nitrogen and oxygen atoms in total. The van der Waals surface area contributed by atoms with Crippen molar-refractivity contribution in [2.75, 3.05) is 6.61 Å². The maximum absolute atomic E-state index is 11.3. The molecular weight excluding hydrogens is 396 g/mol. The molecule has 0 aromatic rings. The van der Waals surface area contributed by atoms with Crippen LogP contribution in [0.15, 0.2) is 0 Å². The lowest BCUT2D eigenvalue weighted by atomic mass is 9.53. The Hall–Kier alpha value is -0.120. The summed E-state index contributed by atoms with van der Waals surface area (Å²) in [6, 6.07) is 0. The van der Waals surface area contributed by atoms with Crippen LogP contribution in [-0.4, -0.2) is 34.6 Å². The highest BCUT2D eigenvalue weighted by Crippen LogP contribution is 2.59. The van der Waals surface area contributed by atoms with Gasteiger partial charge in [0.05, 0.1) is 17.8 Å². The quantitative estimate of drug-likeness (QED) is 0.425. The number of fused-ring (bicyclic) bond motifs is 1. The highest BCUT2D eigenvalue weighted by Gasteiger charge is 2.54. The summed E-state index contributed by atoms with van der Waals surface area (Å²) in [6.45, 7) is 16.1. The van der Waals surface area contributed by atoms with E-state index in [9.17, 15) is 10.2 Å². The Morgan fingerprint density at radius 2 is 1.66 bits per heavy atom. The number of aliphatic hydroxyl groups is 2. The predicted molar refractivity (Wildman–Crippen MR) is 133 cm³/mol. The third-order valence-electron chi connectivity index (χ3n) is 9.81. The van der Waals surface area contributed by atoms with Crippen molar-refractivity contribution < 1.29 is 14.9 Å². The van der Waals surface area contributed by atoms with Gasteiger partial charge in [-0.3, -0.25) is 0 Å². The molecule has 0 aromatic carbocycles. The first-order valence-electron chi connectivity index (χ1n) is 13.9. The Balaban J connectivity index is 1.64. The fourth-order valence-corrected chi connectivity index (χ4v) is 8.14. The van der Waals surface area contributed by atoms with Gasteiger partial charge in [0.2, 0.25) is 0 Å². The van der Waals surface area contributed by atoms with Gasteiger partial charge in [0.25, 0.3) is 0 Å². The molecule has 188 valence electrons. The minimum Gasteiger partial charge on any atom is -0.396 e. The van der Waals surface area contributed by atoms with Crippen LogP contribution in [0.2, 0.25) is 0 Å². The Labute approximate surface area is 199 Å². The second kappa shape index (κ2) is 10.6. The first kappa shape index (κ1) is 26.5. The minimum atomic E-state index is -0.327. The van der Waals surface area contributed by atoms with Crippen molar-refractivity contribution in [2.24, 2.45) is 46.8 Å². The molecule has 0 aliphatic heterocycles. The molecule has 3 aliphatic rings. The molecule has 3 fully saturated rings. The normalized spacial score (nSPS) is 41.6. The molecule has 3 saturated carbocycles. The molecule has 0 spiro atoms. The van der Waals surface area contributed by atoms with Crippen molar-refractivity contribution in [3.63, 3.8) is 0 Å². The highest BCUT2D eigenvalue weighted by atomic mass is 16.5. The third-order valence-corrected chi connectivity index (χ3v) is 9.81. The molecule has 3 aliphatic carbocycles. The SMILES string of the molecule is CC(C)CCC[C@@H](C)[C@@H]1CC[C@@H]2[C@@H]1CC[C@H]([C@]1(C)CC[C@H](OC(C)(C)C)C[C@H]1O)[C@@H]2CO. The van der Waals surface area contributed by atoms with Crippen LogP contribution in [0.1, 0.15) is 113 Å². The van der Waals surface area contributed by atoms with E-state index in [4.69, 9.17) is 4.74 Å². The molecule has 3 heteroatoms. The van der Waals surface area contributed by atoms with E-state index in [0.717, 1.165) is 42.9 Å². The van der Waals surface area contributed by atoms with Gasteiger partial charge in [0.1, 0.15) is 0 Å². The molecule has 32 heavy (non-hydrogen) atoms. The number of rotatable bonds is 8. The van der Waals surface area contributed by atoms with Gasteiger partial charge in [0.15, 0.2) is 0 Å². The van der Waals surface area contributed by atoms with Crippen LogP contribution in [-0.2, 0) is 4.74 Å². The minimum absolute atomic E-state index is 0.0862. The second-order valence-corrected chi connectivity index (χ2v) is 13.5. The van der Waals surface area contributed by atoms with E-state index in [1.165, 1.54) is 44.9 Å². The number of hydrogen-bond acceptors (Lipinski definition) is 3. The summed E-state index contributed by atoms with van der Waals surface area (Å²) in [5, 5.41) is 21.9. The molecule has 2 N–H and O–H groups in total. The summed E-state index contributed by atoms with van der Waals surface area (Å²) in [5.74, 6) is 4.71. The van der Waals surface area contributed by atoms with Crippen molar-refractivity contribution in [1.29, 1.82) is 0 Å². The zero-order valence-corrected chi connectivity index (χ0v) is 22.3. The van der Waals surface area contributed by atoms with E-state index in [-0.39, 0.29) is 23.2 Å². The van der Waals surface area contributed by atoms with Crippen LogP contribution in [0.25, 0.3) is 0 Å². The summed E-state index contributed by atoms with van der Waals surface area (Å²) < 4.78 is 6.23. The van der Waals surface area contributed by atoms with Crippen LogP contribution < -0.4 is 0 Å². The Morgan fingerprint density at radius 3 is 2.25 bits per heavy atom. The number of aliphatic hydroxyl groups excluding tert-OH is 2. The first-order valence-corrected chi connectivity index (χ1v) is 13.9. The Morgan fingerprint density at radius 1 is 0.969 bits per heavy atom. The lowest BCUT2D eigenvalue weighted by molar-refractivity contribution is -0.154. The summed E-state index contributed by atoms with van der Waals surface area (Å²) in [7, 11) is 0. The van der Waals surface area contributed by atoms with E-state index in [2.05, 4.69) is 48.5 Å².